The van der Waals surface area contributed by atoms with E-state index in [0.29, 0.717) is 18.5 Å². The van der Waals surface area contributed by atoms with Crippen molar-refractivity contribution in [2.75, 3.05) is 32.8 Å². The second-order valence-electron chi connectivity index (χ2n) is 5.98. The van der Waals surface area contributed by atoms with Gasteiger partial charge in [-0.25, -0.2) is 0 Å². The Bertz CT molecular complexity index is 215. The van der Waals surface area contributed by atoms with Gasteiger partial charge in [0.1, 0.15) is 0 Å². The van der Waals surface area contributed by atoms with E-state index in [1.807, 2.05) is 4.90 Å². The lowest BCUT2D eigenvalue weighted by Gasteiger charge is -2.40. The largest absolute Gasteiger partial charge is 0.395 e. The number of hydrogen-bond acceptors (Lipinski definition) is 4. The number of aliphatic hydroxyl groups excluding tert-OH is 3. The molecule has 1 rings (SSSR count). The smallest absolute Gasteiger partial charge is 0.0581 e. The predicted molar refractivity (Wildman–Crippen MR) is 67.7 cm³/mol. The molecule has 1 fully saturated rings. The summed E-state index contributed by atoms with van der Waals surface area (Å²) in [5.74, 6) is 0.261. The van der Waals surface area contributed by atoms with Crippen molar-refractivity contribution in [3.63, 3.8) is 0 Å². The maximum Gasteiger partial charge on any atom is 0.0581 e. The van der Waals surface area contributed by atoms with Crippen molar-refractivity contribution in [1.29, 1.82) is 0 Å². The third-order valence-electron chi connectivity index (χ3n) is 3.80. The maximum atomic E-state index is 10.0. The van der Waals surface area contributed by atoms with E-state index in [1.165, 1.54) is 0 Å². The van der Waals surface area contributed by atoms with Crippen LogP contribution in [-0.4, -0.2) is 59.2 Å². The van der Waals surface area contributed by atoms with E-state index in [4.69, 9.17) is 10.2 Å². The van der Waals surface area contributed by atoms with Gasteiger partial charge < -0.3 is 15.3 Å². The van der Waals surface area contributed by atoms with E-state index in [2.05, 4.69) is 13.8 Å². The third kappa shape index (κ3) is 4.92. The first-order chi connectivity index (χ1) is 7.98. The molecule has 0 saturated heterocycles. The molecule has 0 aromatic heterocycles. The molecule has 17 heavy (non-hydrogen) atoms. The Balaban J connectivity index is 2.50. The summed E-state index contributed by atoms with van der Waals surface area (Å²) in [4.78, 5) is 2.04. The van der Waals surface area contributed by atoms with Crippen molar-refractivity contribution < 1.29 is 15.3 Å². The highest BCUT2D eigenvalue weighted by molar-refractivity contribution is 4.86. The molecule has 2 unspecified atom stereocenters. The van der Waals surface area contributed by atoms with Crippen LogP contribution >= 0.6 is 0 Å². The molecule has 0 heterocycles. The summed E-state index contributed by atoms with van der Waals surface area (Å²) in [6.07, 6.45) is 2.72. The molecule has 1 aliphatic carbocycles. The van der Waals surface area contributed by atoms with Crippen LogP contribution in [0.1, 0.15) is 33.1 Å². The van der Waals surface area contributed by atoms with Crippen LogP contribution in [0.15, 0.2) is 0 Å². The first-order valence-electron chi connectivity index (χ1n) is 6.60. The van der Waals surface area contributed by atoms with Gasteiger partial charge in [0.2, 0.25) is 0 Å². The topological polar surface area (TPSA) is 63.9 Å². The standard InChI is InChI=1S/C13H27NO3/c1-13(2)4-3-12(17)11(9-13)10-14(5-7-15)6-8-16/h11-12,15-17H,3-10H2,1-2H3. The second-order valence-corrected chi connectivity index (χ2v) is 5.98. The van der Waals surface area contributed by atoms with Gasteiger partial charge in [0.05, 0.1) is 19.3 Å². The first-order valence-corrected chi connectivity index (χ1v) is 6.60. The van der Waals surface area contributed by atoms with E-state index in [9.17, 15) is 5.11 Å². The molecule has 4 heteroatoms. The van der Waals surface area contributed by atoms with Gasteiger partial charge in [0.25, 0.3) is 0 Å². The quantitative estimate of drug-likeness (QED) is 0.636. The van der Waals surface area contributed by atoms with Gasteiger partial charge in [-0.3, -0.25) is 4.90 Å². The summed E-state index contributed by atoms with van der Waals surface area (Å²) in [5, 5.41) is 28.0. The molecule has 0 aromatic carbocycles. The van der Waals surface area contributed by atoms with Crippen LogP contribution in [0.2, 0.25) is 0 Å². The van der Waals surface area contributed by atoms with E-state index < -0.39 is 0 Å². The second kappa shape index (κ2) is 6.69. The van der Waals surface area contributed by atoms with Gasteiger partial charge in [-0.05, 0) is 30.6 Å². The van der Waals surface area contributed by atoms with Crippen LogP contribution < -0.4 is 0 Å². The molecule has 2 atom stereocenters. The zero-order valence-electron chi connectivity index (χ0n) is 11.1. The summed E-state index contributed by atoms with van der Waals surface area (Å²) in [7, 11) is 0. The van der Waals surface area contributed by atoms with Crippen molar-refractivity contribution in [2.24, 2.45) is 11.3 Å². The van der Waals surface area contributed by atoms with Crippen molar-refractivity contribution >= 4 is 0 Å². The number of nitrogens with zero attached hydrogens (tertiary/aromatic N) is 1. The molecule has 0 aromatic rings. The minimum Gasteiger partial charge on any atom is -0.395 e. The number of rotatable bonds is 6. The molecule has 0 amide bonds. The number of aliphatic hydroxyl groups is 3. The Morgan fingerprint density at radius 1 is 1.18 bits per heavy atom. The van der Waals surface area contributed by atoms with Crippen LogP contribution in [0.25, 0.3) is 0 Å². The Labute approximate surface area is 104 Å². The monoisotopic (exact) mass is 245 g/mol. The van der Waals surface area contributed by atoms with Gasteiger partial charge in [-0.1, -0.05) is 13.8 Å². The van der Waals surface area contributed by atoms with Crippen LogP contribution in [0.3, 0.4) is 0 Å². The van der Waals surface area contributed by atoms with Crippen LogP contribution in [0, 0.1) is 11.3 Å². The SMILES string of the molecule is CC1(C)CCC(O)C(CN(CCO)CCO)C1. The van der Waals surface area contributed by atoms with Crippen LogP contribution in [0.4, 0.5) is 0 Å². The molecule has 3 N–H and O–H groups in total. The van der Waals surface area contributed by atoms with Crippen molar-refractivity contribution in [3.05, 3.63) is 0 Å². The lowest BCUT2D eigenvalue weighted by Crippen LogP contribution is -2.42. The molecular formula is C13H27NO3. The fraction of sp³-hybridized carbons (Fsp3) is 1.00. The molecule has 4 nitrogen and oxygen atoms in total. The predicted octanol–water partition coefficient (Wildman–Crippen LogP) is 0.460. The van der Waals surface area contributed by atoms with Gasteiger partial charge in [-0.15, -0.1) is 0 Å². The summed E-state index contributed by atoms with van der Waals surface area (Å²) in [5.41, 5.74) is 0.300. The summed E-state index contributed by atoms with van der Waals surface area (Å²) in [6, 6.07) is 0. The third-order valence-corrected chi connectivity index (χ3v) is 3.80. The van der Waals surface area contributed by atoms with Gasteiger partial charge >= 0.3 is 0 Å². The minimum absolute atomic E-state index is 0.103. The zero-order valence-corrected chi connectivity index (χ0v) is 11.1. The molecule has 1 aliphatic rings. The maximum absolute atomic E-state index is 10.0. The fourth-order valence-corrected chi connectivity index (χ4v) is 2.82. The van der Waals surface area contributed by atoms with E-state index in [0.717, 1.165) is 25.8 Å². The van der Waals surface area contributed by atoms with Gasteiger partial charge in [0, 0.05) is 19.6 Å². The fourth-order valence-electron chi connectivity index (χ4n) is 2.82. The van der Waals surface area contributed by atoms with Gasteiger partial charge in [-0.2, -0.15) is 0 Å². The Kier molecular flexibility index (Phi) is 5.86. The highest BCUT2D eigenvalue weighted by Crippen LogP contribution is 2.38. The molecule has 102 valence electrons. The lowest BCUT2D eigenvalue weighted by molar-refractivity contribution is -0.0000556. The minimum atomic E-state index is -0.233. The lowest BCUT2D eigenvalue weighted by atomic mass is 9.70. The Hall–Kier alpha value is -0.160. The van der Waals surface area contributed by atoms with E-state index in [1.54, 1.807) is 0 Å². The molecule has 0 bridgehead atoms. The normalized spacial score (nSPS) is 28.6. The molecular weight excluding hydrogens is 218 g/mol. The summed E-state index contributed by atoms with van der Waals surface area (Å²) < 4.78 is 0. The molecule has 1 saturated carbocycles. The highest BCUT2D eigenvalue weighted by atomic mass is 16.3. The van der Waals surface area contributed by atoms with Crippen molar-refractivity contribution in [1.82, 2.24) is 4.90 Å². The Morgan fingerprint density at radius 3 is 2.29 bits per heavy atom. The molecule has 0 radical (unpaired) electrons. The van der Waals surface area contributed by atoms with Crippen molar-refractivity contribution in [2.45, 2.75) is 39.2 Å². The molecule has 0 spiro atoms. The van der Waals surface area contributed by atoms with E-state index in [-0.39, 0.29) is 25.2 Å². The van der Waals surface area contributed by atoms with Crippen LogP contribution in [-0.2, 0) is 0 Å². The first kappa shape index (κ1) is 14.9. The van der Waals surface area contributed by atoms with Crippen molar-refractivity contribution in [3.8, 4) is 0 Å². The number of hydrogen-bond donors (Lipinski definition) is 3. The van der Waals surface area contributed by atoms with Crippen LogP contribution in [0.5, 0.6) is 0 Å². The van der Waals surface area contributed by atoms with E-state index >= 15 is 0 Å². The molecule has 0 aliphatic heterocycles. The average Bonchev–Trinajstić information content (AvgIpc) is 2.24. The average molecular weight is 245 g/mol. The zero-order chi connectivity index (χ0) is 12.9. The summed E-state index contributed by atoms with van der Waals surface area (Å²) in [6.45, 7) is 6.61. The Morgan fingerprint density at radius 2 is 1.76 bits per heavy atom. The summed E-state index contributed by atoms with van der Waals surface area (Å²) >= 11 is 0. The highest BCUT2D eigenvalue weighted by Gasteiger charge is 2.34. The van der Waals surface area contributed by atoms with Gasteiger partial charge in [0.15, 0.2) is 0 Å².